The Hall–Kier alpha value is -1.86. The molecule has 2 aromatic rings. The van der Waals surface area contributed by atoms with Crippen molar-refractivity contribution < 1.29 is 12.9 Å². The van der Waals surface area contributed by atoms with Crippen LogP contribution in [0.5, 0.6) is 0 Å². The molecule has 1 N–H and O–H groups in total. The Morgan fingerprint density at radius 3 is 2.66 bits per heavy atom. The number of benzene rings is 1. The number of piperazine rings is 1. The number of rotatable bonds is 6. The zero-order valence-electron chi connectivity index (χ0n) is 18.5. The van der Waals surface area contributed by atoms with Crippen molar-refractivity contribution in [2.45, 2.75) is 25.1 Å². The molecule has 1 aromatic carbocycles. The highest BCUT2D eigenvalue weighted by molar-refractivity contribution is 14.0. The fourth-order valence-electron chi connectivity index (χ4n) is 4.36. The van der Waals surface area contributed by atoms with E-state index in [9.17, 15) is 8.42 Å². The van der Waals surface area contributed by atoms with Crippen LogP contribution in [0.2, 0.25) is 0 Å². The summed E-state index contributed by atoms with van der Waals surface area (Å²) in [4.78, 5) is 8.96. The number of para-hydroxylation sites is 1. The molecule has 32 heavy (non-hydrogen) atoms. The number of nitrogens with zero attached hydrogens (tertiary/aromatic N) is 5. The lowest BCUT2D eigenvalue weighted by Gasteiger charge is -2.36. The zero-order chi connectivity index (χ0) is 21.8. The van der Waals surface area contributed by atoms with Crippen molar-refractivity contribution in [3.8, 4) is 0 Å². The van der Waals surface area contributed by atoms with Crippen molar-refractivity contribution in [1.82, 2.24) is 19.7 Å². The number of sulfonamides is 1. The Kier molecular flexibility index (Phi) is 8.39. The summed E-state index contributed by atoms with van der Waals surface area (Å²) in [5.41, 5.74) is 3.15. The largest absolute Gasteiger partial charge is 0.367 e. The Balaban J connectivity index is 0.00000289. The van der Waals surface area contributed by atoms with Crippen molar-refractivity contribution in [2.75, 3.05) is 51.2 Å². The summed E-state index contributed by atoms with van der Waals surface area (Å²) in [6.07, 6.45) is 2.47. The molecule has 0 spiro atoms. The maximum absolute atomic E-state index is 12.6. The van der Waals surface area contributed by atoms with Gasteiger partial charge in [-0.2, -0.15) is 4.31 Å². The van der Waals surface area contributed by atoms with Gasteiger partial charge in [-0.25, -0.2) is 8.42 Å². The highest BCUT2D eigenvalue weighted by Gasteiger charge is 2.29. The van der Waals surface area contributed by atoms with E-state index in [-0.39, 0.29) is 29.7 Å². The van der Waals surface area contributed by atoms with Gasteiger partial charge in [0.1, 0.15) is 12.0 Å². The third-order valence-electron chi connectivity index (χ3n) is 5.95. The van der Waals surface area contributed by atoms with Gasteiger partial charge in [-0.1, -0.05) is 23.4 Å². The second-order valence-corrected chi connectivity index (χ2v) is 9.95. The average molecular weight is 574 g/mol. The number of hydrogen-bond acceptors (Lipinski definition) is 6. The van der Waals surface area contributed by atoms with Crippen molar-refractivity contribution in [3.63, 3.8) is 0 Å². The van der Waals surface area contributed by atoms with Gasteiger partial charge in [-0.15, -0.1) is 24.0 Å². The maximum atomic E-state index is 12.6. The SMILES string of the molecule is CN=C(NCCN1c2ccccc2CC1C)N1CCN(S(=O)(=O)Cc2ccon2)CC1.I. The van der Waals surface area contributed by atoms with Gasteiger partial charge in [0, 0.05) is 64.1 Å². The van der Waals surface area contributed by atoms with E-state index in [1.807, 2.05) is 0 Å². The fourth-order valence-corrected chi connectivity index (χ4v) is 5.78. The molecule has 1 fully saturated rings. The normalized spacial score (nSPS) is 19.6. The first kappa shape index (κ1) is 24.8. The van der Waals surface area contributed by atoms with Crippen LogP contribution in [0.3, 0.4) is 0 Å². The summed E-state index contributed by atoms with van der Waals surface area (Å²) < 4.78 is 31.5. The Labute approximate surface area is 206 Å². The zero-order valence-corrected chi connectivity index (χ0v) is 21.6. The number of aliphatic imine (C=N–C) groups is 1. The molecule has 0 bridgehead atoms. The number of anilines is 1. The van der Waals surface area contributed by atoms with Crippen molar-refractivity contribution in [3.05, 3.63) is 47.9 Å². The molecule has 3 heterocycles. The van der Waals surface area contributed by atoms with E-state index >= 15 is 0 Å². The molecular formula is C21H31IN6O3S. The van der Waals surface area contributed by atoms with E-state index in [1.165, 1.54) is 21.8 Å². The van der Waals surface area contributed by atoms with Gasteiger partial charge in [-0.3, -0.25) is 4.99 Å². The molecule has 176 valence electrons. The quantitative estimate of drug-likeness (QED) is 0.320. The topological polar surface area (TPSA) is 94.3 Å². The minimum absolute atomic E-state index is 0. The number of fused-ring (bicyclic) bond motifs is 1. The Morgan fingerprint density at radius 2 is 1.97 bits per heavy atom. The minimum atomic E-state index is -3.41. The van der Waals surface area contributed by atoms with Gasteiger partial charge < -0.3 is 19.6 Å². The van der Waals surface area contributed by atoms with Crippen LogP contribution in [0.25, 0.3) is 0 Å². The van der Waals surface area contributed by atoms with Crippen molar-refractivity contribution in [2.24, 2.45) is 4.99 Å². The van der Waals surface area contributed by atoms with Crippen LogP contribution in [0.15, 0.2) is 46.1 Å². The summed E-state index contributed by atoms with van der Waals surface area (Å²) in [6.45, 7) is 5.98. The molecular weight excluding hydrogens is 543 g/mol. The van der Waals surface area contributed by atoms with Crippen molar-refractivity contribution in [1.29, 1.82) is 0 Å². The molecule has 4 rings (SSSR count). The van der Waals surface area contributed by atoms with E-state index in [2.05, 4.69) is 56.5 Å². The highest BCUT2D eigenvalue weighted by atomic mass is 127. The third kappa shape index (κ3) is 5.54. The first-order chi connectivity index (χ1) is 15.0. The lowest BCUT2D eigenvalue weighted by molar-refractivity contribution is 0.260. The number of halogens is 1. The fraction of sp³-hybridized carbons (Fsp3) is 0.524. The predicted octanol–water partition coefficient (Wildman–Crippen LogP) is 1.77. The van der Waals surface area contributed by atoms with Gasteiger partial charge in [0.25, 0.3) is 0 Å². The summed E-state index contributed by atoms with van der Waals surface area (Å²) in [5.74, 6) is 0.681. The molecule has 11 heteroatoms. The lowest BCUT2D eigenvalue weighted by Crippen LogP contribution is -2.54. The molecule has 2 aliphatic heterocycles. The van der Waals surface area contributed by atoms with Gasteiger partial charge in [0.15, 0.2) is 5.96 Å². The van der Waals surface area contributed by atoms with Crippen LogP contribution in [0.1, 0.15) is 18.2 Å². The number of nitrogens with one attached hydrogen (secondary N) is 1. The van der Waals surface area contributed by atoms with E-state index < -0.39 is 10.0 Å². The number of aromatic nitrogens is 1. The Bertz CT molecular complexity index is 1010. The molecule has 1 unspecified atom stereocenters. The minimum Gasteiger partial charge on any atom is -0.367 e. The van der Waals surface area contributed by atoms with Crippen LogP contribution >= 0.6 is 24.0 Å². The molecule has 0 saturated carbocycles. The smallest absolute Gasteiger partial charge is 0.220 e. The summed E-state index contributed by atoms with van der Waals surface area (Å²) in [5, 5.41) is 7.17. The highest BCUT2D eigenvalue weighted by Crippen LogP contribution is 2.31. The van der Waals surface area contributed by atoms with Crippen LogP contribution < -0.4 is 10.2 Å². The van der Waals surface area contributed by atoms with Gasteiger partial charge >= 0.3 is 0 Å². The summed E-state index contributed by atoms with van der Waals surface area (Å²) in [7, 11) is -1.64. The van der Waals surface area contributed by atoms with E-state index in [4.69, 9.17) is 4.52 Å². The predicted molar refractivity (Wildman–Crippen MR) is 136 cm³/mol. The van der Waals surface area contributed by atoms with Crippen LogP contribution in [-0.4, -0.2) is 81.1 Å². The van der Waals surface area contributed by atoms with Crippen molar-refractivity contribution >= 4 is 45.6 Å². The molecule has 1 aromatic heterocycles. The molecule has 0 amide bonds. The molecule has 1 saturated heterocycles. The maximum Gasteiger partial charge on any atom is 0.220 e. The van der Waals surface area contributed by atoms with E-state index in [1.54, 1.807) is 13.1 Å². The van der Waals surface area contributed by atoms with E-state index in [0.29, 0.717) is 37.9 Å². The summed E-state index contributed by atoms with van der Waals surface area (Å²) >= 11 is 0. The van der Waals surface area contributed by atoms with Crippen LogP contribution in [-0.2, 0) is 22.2 Å². The Morgan fingerprint density at radius 1 is 1.22 bits per heavy atom. The standard InChI is InChI=1S/C21H30N6O3S.HI/c1-17-15-18-5-3-4-6-20(18)27(17)9-8-23-21(22-2)25-10-12-26(13-11-25)31(28,29)16-19-7-14-30-24-19;/h3-7,14,17H,8-13,15-16H2,1-2H3,(H,22,23);1H. The monoisotopic (exact) mass is 574 g/mol. The van der Waals surface area contributed by atoms with Crippen LogP contribution in [0.4, 0.5) is 5.69 Å². The lowest BCUT2D eigenvalue weighted by atomic mass is 10.1. The second-order valence-electron chi connectivity index (χ2n) is 7.98. The molecule has 2 aliphatic rings. The third-order valence-corrected chi connectivity index (χ3v) is 7.76. The second kappa shape index (κ2) is 10.8. The average Bonchev–Trinajstić information content (AvgIpc) is 3.38. The first-order valence-electron chi connectivity index (χ1n) is 10.6. The van der Waals surface area contributed by atoms with E-state index in [0.717, 1.165) is 25.5 Å². The molecule has 0 aliphatic carbocycles. The van der Waals surface area contributed by atoms with Gasteiger partial charge in [0.05, 0.1) is 5.69 Å². The van der Waals surface area contributed by atoms with Gasteiger partial charge in [-0.05, 0) is 25.0 Å². The first-order valence-corrected chi connectivity index (χ1v) is 12.3. The number of guanidine groups is 1. The van der Waals surface area contributed by atoms with Crippen LogP contribution in [0, 0.1) is 0 Å². The molecule has 1 atom stereocenters. The number of hydrogen-bond donors (Lipinski definition) is 1. The van der Waals surface area contributed by atoms with Gasteiger partial charge in [0.2, 0.25) is 10.0 Å². The summed E-state index contributed by atoms with van der Waals surface area (Å²) in [6, 6.07) is 10.6. The molecule has 9 nitrogen and oxygen atoms in total. The molecule has 0 radical (unpaired) electrons.